The number of ether oxygens (including phenoxy) is 1. The molecule has 1 rings (SSSR count). The molecule has 0 fully saturated rings. The highest BCUT2D eigenvalue weighted by Gasteiger charge is 1.89. The Morgan fingerprint density at radius 2 is 2.71 bits per heavy atom. The Kier molecular flexibility index (Phi) is 0.934. The fourth-order valence-electron chi connectivity index (χ4n) is 0.252. The molecule has 0 N–H and O–H groups in total. The van der Waals surface area contributed by atoms with E-state index in [2.05, 4.69) is 19.4 Å². The molecule has 4 heteroatoms. The average molecular weight is 100 g/mol. The highest BCUT2D eigenvalue weighted by atomic mass is 16.6. The maximum absolute atomic E-state index is 4.54. The topological polar surface area (TPSA) is 48.2 Å². The van der Waals surface area contributed by atoms with Gasteiger partial charge in [0.2, 0.25) is 6.39 Å². The monoisotopic (exact) mass is 100 g/mol. The zero-order chi connectivity index (χ0) is 5.11. The third-order valence-electron chi connectivity index (χ3n) is 0.515. The Morgan fingerprint density at radius 1 is 1.86 bits per heavy atom. The summed E-state index contributed by atoms with van der Waals surface area (Å²) in [6, 6.07) is 0. The Bertz CT molecular complexity index is 125. The molecule has 0 aliphatic carbocycles. The van der Waals surface area contributed by atoms with Crippen molar-refractivity contribution in [2.24, 2.45) is 0 Å². The molecule has 1 heterocycles. The van der Waals surface area contributed by atoms with Crippen LogP contribution in [0.3, 0.4) is 0 Å². The maximum atomic E-state index is 4.54. The van der Waals surface area contributed by atoms with Crippen LogP contribution in [0.15, 0.2) is 10.8 Å². The molecule has 0 bridgehead atoms. The van der Waals surface area contributed by atoms with Crippen molar-refractivity contribution in [2.75, 3.05) is 7.11 Å². The molecule has 0 radical (unpaired) electrons. The maximum Gasteiger partial charge on any atom is 0.414 e. The highest BCUT2D eigenvalue weighted by molar-refractivity contribution is 4.74. The molecule has 0 amide bonds. The molecule has 0 spiro atoms. The first-order valence-electron chi connectivity index (χ1n) is 1.73. The van der Waals surface area contributed by atoms with E-state index < -0.39 is 0 Å². The summed E-state index contributed by atoms with van der Waals surface area (Å²) in [7, 11) is 1.47. The molecule has 1 aromatic rings. The van der Waals surface area contributed by atoms with Crippen LogP contribution in [0.1, 0.15) is 0 Å². The third kappa shape index (κ3) is 0.677. The van der Waals surface area contributed by atoms with Crippen LogP contribution in [0, 0.1) is 0 Å². The van der Waals surface area contributed by atoms with E-state index in [9.17, 15) is 0 Å². The van der Waals surface area contributed by atoms with Gasteiger partial charge in [0.25, 0.3) is 0 Å². The first kappa shape index (κ1) is 4.11. The zero-order valence-electron chi connectivity index (χ0n) is 3.79. The summed E-state index contributed by atoms with van der Waals surface area (Å²) in [5, 5.41) is 6.75. The number of hydrogen-bond donors (Lipinski definition) is 0. The second-order valence-electron chi connectivity index (χ2n) is 0.909. The zero-order valence-corrected chi connectivity index (χ0v) is 3.79. The number of hydrogen-bond acceptors (Lipinski definition) is 4. The van der Waals surface area contributed by atoms with Crippen molar-refractivity contribution in [3.8, 4) is 6.08 Å². The van der Waals surface area contributed by atoms with Gasteiger partial charge in [0, 0.05) is 0 Å². The standard InChI is InChI=1S/C3H4N2O2/c1-6-3-5-4-2-7-3/h2H,1H3. The van der Waals surface area contributed by atoms with Crippen molar-refractivity contribution in [1.29, 1.82) is 0 Å². The van der Waals surface area contributed by atoms with Gasteiger partial charge in [-0.1, -0.05) is 5.10 Å². The lowest BCUT2D eigenvalue weighted by atomic mass is 11.3. The van der Waals surface area contributed by atoms with E-state index in [-0.39, 0.29) is 6.08 Å². The number of methoxy groups -OCH3 is 1. The van der Waals surface area contributed by atoms with Crippen LogP contribution in [0.25, 0.3) is 0 Å². The minimum atomic E-state index is 0.194. The van der Waals surface area contributed by atoms with E-state index >= 15 is 0 Å². The minimum Gasteiger partial charge on any atom is -0.452 e. The van der Waals surface area contributed by atoms with Gasteiger partial charge in [0.05, 0.1) is 7.11 Å². The third-order valence-corrected chi connectivity index (χ3v) is 0.515. The molecule has 0 saturated carbocycles. The SMILES string of the molecule is COc1nnco1. The summed E-state index contributed by atoms with van der Waals surface area (Å²) in [6.07, 6.45) is 1.40. The van der Waals surface area contributed by atoms with Crippen LogP contribution in [0.5, 0.6) is 6.08 Å². The van der Waals surface area contributed by atoms with Crippen LogP contribution >= 0.6 is 0 Å². The van der Waals surface area contributed by atoms with Crippen molar-refractivity contribution in [1.82, 2.24) is 10.2 Å². The average Bonchev–Trinajstić information content (AvgIpc) is 2.14. The van der Waals surface area contributed by atoms with Crippen LogP contribution in [0.4, 0.5) is 0 Å². The van der Waals surface area contributed by atoms with Gasteiger partial charge in [0.15, 0.2) is 0 Å². The van der Waals surface area contributed by atoms with E-state index in [4.69, 9.17) is 0 Å². The number of nitrogens with zero attached hydrogens (tertiary/aromatic N) is 2. The largest absolute Gasteiger partial charge is 0.452 e. The second-order valence-corrected chi connectivity index (χ2v) is 0.909. The smallest absolute Gasteiger partial charge is 0.414 e. The van der Waals surface area contributed by atoms with Crippen molar-refractivity contribution in [2.45, 2.75) is 0 Å². The normalized spacial score (nSPS) is 8.71. The predicted molar refractivity (Wildman–Crippen MR) is 20.8 cm³/mol. The molecule has 7 heavy (non-hydrogen) atoms. The summed E-state index contributed by atoms with van der Waals surface area (Å²) >= 11 is 0. The number of aromatic nitrogens is 2. The molecule has 0 unspecified atom stereocenters. The van der Waals surface area contributed by atoms with Crippen LogP contribution in [0.2, 0.25) is 0 Å². The summed E-state index contributed by atoms with van der Waals surface area (Å²) in [4.78, 5) is 0. The summed E-state index contributed by atoms with van der Waals surface area (Å²) in [5.74, 6) is 0. The van der Waals surface area contributed by atoms with Gasteiger partial charge in [-0.15, -0.1) is 5.10 Å². The van der Waals surface area contributed by atoms with Crippen LogP contribution in [-0.4, -0.2) is 17.3 Å². The Morgan fingerprint density at radius 3 is 3.00 bits per heavy atom. The summed E-state index contributed by atoms with van der Waals surface area (Å²) < 4.78 is 9.05. The van der Waals surface area contributed by atoms with Crippen molar-refractivity contribution < 1.29 is 9.15 Å². The van der Waals surface area contributed by atoms with Crippen molar-refractivity contribution in [3.63, 3.8) is 0 Å². The van der Waals surface area contributed by atoms with Crippen LogP contribution in [-0.2, 0) is 0 Å². The van der Waals surface area contributed by atoms with E-state index in [0.29, 0.717) is 0 Å². The van der Waals surface area contributed by atoms with E-state index in [0.717, 1.165) is 0 Å². The second kappa shape index (κ2) is 1.59. The van der Waals surface area contributed by atoms with Crippen molar-refractivity contribution >= 4 is 0 Å². The van der Waals surface area contributed by atoms with Gasteiger partial charge in [-0.3, -0.25) is 0 Å². The summed E-state index contributed by atoms with van der Waals surface area (Å²) in [6.45, 7) is 0. The molecule has 38 valence electrons. The molecule has 0 aliphatic heterocycles. The first-order valence-corrected chi connectivity index (χ1v) is 1.73. The molecule has 0 aliphatic rings. The molecular weight excluding hydrogens is 96.0 g/mol. The fourth-order valence-corrected chi connectivity index (χ4v) is 0.252. The summed E-state index contributed by atoms with van der Waals surface area (Å²) in [5.41, 5.74) is 0. The lowest BCUT2D eigenvalue weighted by molar-refractivity contribution is 0.290. The molecule has 4 nitrogen and oxygen atoms in total. The van der Waals surface area contributed by atoms with Crippen LogP contribution < -0.4 is 4.74 Å². The quantitative estimate of drug-likeness (QED) is 0.501. The fraction of sp³-hybridized carbons (Fsp3) is 0.333. The Hall–Kier alpha value is -1.06. The Balaban J connectivity index is 2.76. The van der Waals surface area contributed by atoms with Crippen molar-refractivity contribution in [3.05, 3.63) is 6.39 Å². The molecule has 0 saturated heterocycles. The van der Waals surface area contributed by atoms with Gasteiger partial charge < -0.3 is 9.15 Å². The van der Waals surface area contributed by atoms with Gasteiger partial charge in [0.1, 0.15) is 0 Å². The van der Waals surface area contributed by atoms with E-state index in [1.165, 1.54) is 13.5 Å². The van der Waals surface area contributed by atoms with Gasteiger partial charge in [-0.2, -0.15) is 0 Å². The molecule has 0 atom stereocenters. The van der Waals surface area contributed by atoms with E-state index in [1.54, 1.807) is 0 Å². The molecule has 1 aromatic heterocycles. The lowest BCUT2D eigenvalue weighted by Gasteiger charge is -1.81. The Labute approximate surface area is 40.1 Å². The predicted octanol–water partition coefficient (Wildman–Crippen LogP) is 0.0782. The first-order chi connectivity index (χ1) is 3.43. The van der Waals surface area contributed by atoms with E-state index in [1.807, 2.05) is 0 Å². The molecular formula is C3H4N2O2. The minimum absolute atomic E-state index is 0.194. The molecule has 0 aromatic carbocycles. The van der Waals surface area contributed by atoms with Gasteiger partial charge >= 0.3 is 6.08 Å². The van der Waals surface area contributed by atoms with Gasteiger partial charge in [-0.25, -0.2) is 0 Å². The van der Waals surface area contributed by atoms with Gasteiger partial charge in [-0.05, 0) is 0 Å². The lowest BCUT2D eigenvalue weighted by Crippen LogP contribution is -1.79. The highest BCUT2D eigenvalue weighted by Crippen LogP contribution is 1.97. The number of rotatable bonds is 1.